The standard InChI is InChI=1S/C30H48N4O6/c1-8-10-16-31-26(37)24(35)20(9-2)32-25(36)23-21-19(30(21,6)7)17-34(23)27(38)22(18-14-12-11-13-15-18)33-28(39)40-29(3,4)5/h8,18-23H,1,9-17H2,2-7H3,(H,31,37)(H,32,36)(H,33,39). The molecule has 4 amide bonds. The number of nitrogens with zero attached hydrogens (tertiary/aromatic N) is 1. The van der Waals surface area contributed by atoms with Crippen LogP contribution in [0.1, 0.15) is 86.5 Å². The summed E-state index contributed by atoms with van der Waals surface area (Å²) in [6.45, 7) is 15.5. The van der Waals surface area contributed by atoms with Gasteiger partial charge in [-0.15, -0.1) is 6.58 Å². The molecule has 10 nitrogen and oxygen atoms in total. The fourth-order valence-electron chi connectivity index (χ4n) is 6.42. The molecule has 224 valence electrons. The monoisotopic (exact) mass is 560 g/mol. The van der Waals surface area contributed by atoms with Gasteiger partial charge in [-0.2, -0.15) is 0 Å². The Morgan fingerprint density at radius 2 is 1.73 bits per heavy atom. The van der Waals surface area contributed by atoms with Gasteiger partial charge < -0.3 is 25.6 Å². The largest absolute Gasteiger partial charge is 0.444 e. The summed E-state index contributed by atoms with van der Waals surface area (Å²) in [5.74, 6) is -2.18. The predicted molar refractivity (Wildman–Crippen MR) is 151 cm³/mol. The summed E-state index contributed by atoms with van der Waals surface area (Å²) < 4.78 is 5.48. The van der Waals surface area contributed by atoms with E-state index >= 15 is 0 Å². The summed E-state index contributed by atoms with van der Waals surface area (Å²) in [5, 5.41) is 8.17. The van der Waals surface area contributed by atoms with Crippen LogP contribution < -0.4 is 16.0 Å². The van der Waals surface area contributed by atoms with Gasteiger partial charge >= 0.3 is 6.09 Å². The number of ether oxygens (including phenoxy) is 1. The van der Waals surface area contributed by atoms with Crippen LogP contribution in [0.25, 0.3) is 0 Å². The van der Waals surface area contributed by atoms with Crippen LogP contribution in [0.5, 0.6) is 0 Å². The molecule has 0 spiro atoms. The molecule has 2 saturated carbocycles. The lowest BCUT2D eigenvalue weighted by Crippen LogP contribution is -2.59. The van der Waals surface area contributed by atoms with Gasteiger partial charge in [0.1, 0.15) is 17.7 Å². The summed E-state index contributed by atoms with van der Waals surface area (Å²) >= 11 is 0. The Morgan fingerprint density at radius 1 is 1.07 bits per heavy atom. The van der Waals surface area contributed by atoms with E-state index in [2.05, 4.69) is 36.4 Å². The Hall–Kier alpha value is -2.91. The quantitative estimate of drug-likeness (QED) is 0.202. The zero-order chi connectivity index (χ0) is 29.8. The van der Waals surface area contributed by atoms with Gasteiger partial charge in [-0.1, -0.05) is 46.1 Å². The first-order chi connectivity index (χ1) is 18.7. The number of carbonyl (C=O) groups excluding carboxylic acids is 5. The Labute approximate surface area is 238 Å². The summed E-state index contributed by atoms with van der Waals surface area (Å²) in [4.78, 5) is 67.4. The molecule has 5 unspecified atom stereocenters. The summed E-state index contributed by atoms with van der Waals surface area (Å²) in [7, 11) is 0. The van der Waals surface area contributed by atoms with E-state index in [1.807, 2.05) is 0 Å². The molecule has 0 bridgehead atoms. The van der Waals surface area contributed by atoms with E-state index in [4.69, 9.17) is 4.74 Å². The van der Waals surface area contributed by atoms with Crippen molar-refractivity contribution in [2.75, 3.05) is 13.1 Å². The van der Waals surface area contributed by atoms with Crippen molar-refractivity contribution in [2.45, 2.75) is 110 Å². The van der Waals surface area contributed by atoms with E-state index in [0.29, 0.717) is 13.0 Å². The lowest BCUT2D eigenvalue weighted by Gasteiger charge is -2.37. The van der Waals surface area contributed by atoms with Crippen molar-refractivity contribution < 1.29 is 28.7 Å². The number of alkyl carbamates (subject to hydrolysis) is 1. The van der Waals surface area contributed by atoms with Gasteiger partial charge in [-0.3, -0.25) is 19.2 Å². The maximum Gasteiger partial charge on any atom is 0.408 e. The lowest BCUT2D eigenvalue weighted by atomic mass is 9.83. The van der Waals surface area contributed by atoms with E-state index < -0.39 is 47.4 Å². The minimum atomic E-state index is -0.997. The van der Waals surface area contributed by atoms with Gasteiger partial charge in [0.25, 0.3) is 5.91 Å². The third-order valence-electron chi connectivity index (χ3n) is 8.72. The molecule has 0 aromatic carbocycles. The summed E-state index contributed by atoms with van der Waals surface area (Å²) in [6.07, 6.45) is 6.41. The number of Topliss-reactive ketones (excluding diaryl/α,β-unsaturated/α-hetero) is 1. The second kappa shape index (κ2) is 12.7. The fourth-order valence-corrected chi connectivity index (χ4v) is 6.42. The molecule has 0 radical (unpaired) electrons. The van der Waals surface area contributed by atoms with Crippen LogP contribution >= 0.6 is 0 Å². The van der Waals surface area contributed by atoms with Crippen LogP contribution in [0.4, 0.5) is 4.79 Å². The highest BCUT2D eigenvalue weighted by Crippen LogP contribution is 2.65. The highest BCUT2D eigenvalue weighted by atomic mass is 16.6. The maximum atomic E-state index is 14.1. The van der Waals surface area contributed by atoms with Crippen LogP contribution in [0, 0.1) is 23.2 Å². The third-order valence-corrected chi connectivity index (χ3v) is 8.72. The number of likely N-dealkylation sites (tertiary alicyclic amines) is 1. The van der Waals surface area contributed by atoms with E-state index in [0.717, 1.165) is 32.1 Å². The molecule has 3 aliphatic rings. The first-order valence-electron chi connectivity index (χ1n) is 14.8. The van der Waals surface area contributed by atoms with Crippen molar-refractivity contribution in [1.82, 2.24) is 20.9 Å². The van der Waals surface area contributed by atoms with E-state index in [1.165, 1.54) is 0 Å². The molecule has 40 heavy (non-hydrogen) atoms. The second-order valence-electron chi connectivity index (χ2n) is 13.1. The number of piperidine rings is 1. The molecule has 3 fully saturated rings. The number of hydrogen-bond donors (Lipinski definition) is 3. The van der Waals surface area contributed by atoms with Crippen LogP contribution in [0.2, 0.25) is 0 Å². The molecule has 1 heterocycles. The molecule has 10 heteroatoms. The number of nitrogens with one attached hydrogen (secondary N) is 3. The van der Waals surface area contributed by atoms with Gasteiger partial charge in [0.2, 0.25) is 17.6 Å². The van der Waals surface area contributed by atoms with Gasteiger partial charge in [0.15, 0.2) is 0 Å². The predicted octanol–water partition coefficient (Wildman–Crippen LogP) is 3.10. The second-order valence-corrected chi connectivity index (χ2v) is 13.1. The van der Waals surface area contributed by atoms with Crippen LogP contribution in [0.15, 0.2) is 12.7 Å². The van der Waals surface area contributed by atoms with Crippen molar-refractivity contribution in [1.29, 1.82) is 0 Å². The summed E-state index contributed by atoms with van der Waals surface area (Å²) in [5.41, 5.74) is -0.850. The van der Waals surface area contributed by atoms with Gasteiger partial charge in [-0.05, 0) is 69.6 Å². The minimum Gasteiger partial charge on any atom is -0.444 e. The fraction of sp³-hybridized carbons (Fsp3) is 0.767. The number of hydrogen-bond acceptors (Lipinski definition) is 6. The molecule has 3 rings (SSSR count). The number of carbonyl (C=O) groups is 5. The van der Waals surface area contributed by atoms with Crippen LogP contribution in [-0.4, -0.2) is 71.3 Å². The van der Waals surface area contributed by atoms with Crippen molar-refractivity contribution in [3.8, 4) is 0 Å². The molecule has 3 N–H and O–H groups in total. The highest BCUT2D eigenvalue weighted by Gasteiger charge is 2.69. The Bertz CT molecular complexity index is 997. The Morgan fingerprint density at radius 3 is 2.30 bits per heavy atom. The molecule has 0 aromatic rings. The van der Waals surface area contributed by atoms with Crippen LogP contribution in [-0.2, 0) is 23.9 Å². The van der Waals surface area contributed by atoms with E-state index in [9.17, 15) is 24.0 Å². The Balaban J connectivity index is 1.80. The number of amides is 4. The maximum absolute atomic E-state index is 14.1. The normalized spacial score (nSPS) is 25.1. The SMILES string of the molecule is C=CCCNC(=O)C(=O)C(CC)NC(=O)C1C2C(CN1C(=O)C(NC(=O)OC(C)(C)C)C1CCCCC1)C2(C)C. The summed E-state index contributed by atoms with van der Waals surface area (Å²) in [6, 6.07) is -2.59. The van der Waals surface area contributed by atoms with Crippen LogP contribution in [0.3, 0.4) is 0 Å². The molecule has 1 aliphatic heterocycles. The van der Waals surface area contributed by atoms with E-state index in [1.54, 1.807) is 38.7 Å². The number of ketones is 1. The van der Waals surface area contributed by atoms with Crippen molar-refractivity contribution in [2.24, 2.45) is 23.2 Å². The average molecular weight is 561 g/mol. The smallest absolute Gasteiger partial charge is 0.408 e. The molecule has 5 atom stereocenters. The molecule has 2 aliphatic carbocycles. The highest BCUT2D eigenvalue weighted by molar-refractivity contribution is 6.38. The van der Waals surface area contributed by atoms with Gasteiger partial charge in [0, 0.05) is 13.1 Å². The van der Waals surface area contributed by atoms with Gasteiger partial charge in [0.05, 0.1) is 6.04 Å². The van der Waals surface area contributed by atoms with Gasteiger partial charge in [-0.25, -0.2) is 4.79 Å². The molecular formula is C30H48N4O6. The third kappa shape index (κ3) is 7.23. The van der Waals surface area contributed by atoms with E-state index in [-0.39, 0.29) is 42.0 Å². The van der Waals surface area contributed by atoms with Crippen molar-refractivity contribution in [3.05, 3.63) is 12.7 Å². The van der Waals surface area contributed by atoms with Crippen molar-refractivity contribution in [3.63, 3.8) is 0 Å². The topological polar surface area (TPSA) is 134 Å². The minimum absolute atomic E-state index is 0.0494. The Kier molecular flexibility index (Phi) is 10.1. The van der Waals surface area contributed by atoms with Crippen molar-refractivity contribution >= 4 is 29.6 Å². The molecular weight excluding hydrogens is 512 g/mol. The zero-order valence-electron chi connectivity index (χ0n) is 25.0. The average Bonchev–Trinajstić information content (AvgIpc) is 3.22. The zero-order valence-corrected chi connectivity index (χ0v) is 25.0. The first-order valence-corrected chi connectivity index (χ1v) is 14.8. The first kappa shape index (κ1) is 31.6. The number of fused-ring (bicyclic) bond motifs is 1. The number of rotatable bonds is 11. The molecule has 1 saturated heterocycles. The molecule has 0 aromatic heterocycles. The lowest BCUT2D eigenvalue weighted by molar-refractivity contribution is -0.145.